The largest absolute Gasteiger partial charge is 0.357 e. The molecule has 2 nitrogen and oxygen atoms in total. The third kappa shape index (κ3) is 2.78. The van der Waals surface area contributed by atoms with Gasteiger partial charge in [-0.3, -0.25) is 0 Å². The molecule has 3 rings (SSSR count). The Morgan fingerprint density at radius 1 is 0.947 bits per heavy atom. The fraction of sp³-hybridized carbons (Fsp3) is 0.353. The Bertz CT molecular complexity index is 542. The quantitative estimate of drug-likeness (QED) is 0.801. The molecule has 1 aromatic heterocycles. The number of rotatable bonds is 2. The molecule has 0 saturated carbocycles. The summed E-state index contributed by atoms with van der Waals surface area (Å²) in [6, 6.07) is 14.8. The highest BCUT2D eigenvalue weighted by Crippen LogP contribution is 2.24. The second-order valence-electron chi connectivity index (χ2n) is 5.30. The molecule has 2 aromatic rings. The third-order valence-electron chi connectivity index (χ3n) is 3.71. The Labute approximate surface area is 115 Å². The average molecular weight is 252 g/mol. The molecule has 0 unspecified atom stereocenters. The first-order chi connectivity index (χ1) is 9.33. The topological polar surface area (TPSA) is 16.1 Å². The molecule has 1 saturated heterocycles. The summed E-state index contributed by atoms with van der Waals surface area (Å²) >= 11 is 0. The third-order valence-corrected chi connectivity index (χ3v) is 3.71. The molecule has 19 heavy (non-hydrogen) atoms. The van der Waals surface area contributed by atoms with E-state index in [1.165, 1.54) is 30.4 Å². The number of aromatic nitrogens is 1. The number of hydrogen-bond donors (Lipinski definition) is 0. The predicted molar refractivity (Wildman–Crippen MR) is 80.5 cm³/mol. The van der Waals surface area contributed by atoms with Crippen LogP contribution in [0.1, 0.15) is 24.8 Å². The molecule has 2 heterocycles. The summed E-state index contributed by atoms with van der Waals surface area (Å²) in [6.07, 6.45) is 3.93. The van der Waals surface area contributed by atoms with E-state index in [1.54, 1.807) is 0 Å². The van der Waals surface area contributed by atoms with Crippen molar-refractivity contribution in [3.05, 3.63) is 48.0 Å². The molecule has 0 atom stereocenters. The number of nitrogens with zero attached hydrogens (tertiary/aromatic N) is 2. The van der Waals surface area contributed by atoms with Crippen LogP contribution in [0.15, 0.2) is 42.5 Å². The SMILES string of the molecule is Cc1cc(-c2ccccc2)nc(N2CCCCC2)c1. The number of piperidine rings is 1. The zero-order valence-corrected chi connectivity index (χ0v) is 11.5. The lowest BCUT2D eigenvalue weighted by atomic mass is 10.1. The van der Waals surface area contributed by atoms with Crippen LogP contribution in [-0.2, 0) is 0 Å². The Hall–Kier alpha value is -1.83. The predicted octanol–water partition coefficient (Wildman–Crippen LogP) is 4.05. The van der Waals surface area contributed by atoms with E-state index in [-0.39, 0.29) is 0 Å². The van der Waals surface area contributed by atoms with Gasteiger partial charge in [0.15, 0.2) is 0 Å². The first-order valence-corrected chi connectivity index (χ1v) is 7.12. The van der Waals surface area contributed by atoms with Crippen molar-refractivity contribution in [1.29, 1.82) is 0 Å². The number of pyridine rings is 1. The molecule has 2 heteroatoms. The highest BCUT2D eigenvalue weighted by Gasteiger charge is 2.13. The summed E-state index contributed by atoms with van der Waals surface area (Å²) in [5, 5.41) is 0. The normalized spacial score (nSPS) is 15.5. The molecule has 1 aliphatic rings. The second kappa shape index (κ2) is 5.43. The first-order valence-electron chi connectivity index (χ1n) is 7.12. The summed E-state index contributed by atoms with van der Waals surface area (Å²) in [7, 11) is 0. The van der Waals surface area contributed by atoms with Crippen LogP contribution in [-0.4, -0.2) is 18.1 Å². The monoisotopic (exact) mass is 252 g/mol. The number of aryl methyl sites for hydroxylation is 1. The molecule has 0 bridgehead atoms. The van der Waals surface area contributed by atoms with E-state index in [9.17, 15) is 0 Å². The minimum absolute atomic E-state index is 1.08. The zero-order valence-electron chi connectivity index (χ0n) is 11.5. The van der Waals surface area contributed by atoms with Crippen molar-refractivity contribution in [2.24, 2.45) is 0 Å². The Morgan fingerprint density at radius 3 is 2.42 bits per heavy atom. The van der Waals surface area contributed by atoms with E-state index < -0.39 is 0 Å². The van der Waals surface area contributed by atoms with Crippen LogP contribution in [0.4, 0.5) is 5.82 Å². The molecular formula is C17H20N2. The van der Waals surface area contributed by atoms with Gasteiger partial charge in [0.05, 0.1) is 5.69 Å². The van der Waals surface area contributed by atoms with Crippen molar-refractivity contribution in [2.75, 3.05) is 18.0 Å². The summed E-state index contributed by atoms with van der Waals surface area (Å²) < 4.78 is 0. The van der Waals surface area contributed by atoms with Crippen molar-refractivity contribution in [3.8, 4) is 11.3 Å². The maximum absolute atomic E-state index is 4.85. The second-order valence-corrected chi connectivity index (χ2v) is 5.30. The van der Waals surface area contributed by atoms with Crippen molar-refractivity contribution < 1.29 is 0 Å². The van der Waals surface area contributed by atoms with Crippen LogP contribution in [0.5, 0.6) is 0 Å². The van der Waals surface area contributed by atoms with E-state index in [1.807, 2.05) is 6.07 Å². The highest BCUT2D eigenvalue weighted by molar-refractivity contribution is 5.62. The van der Waals surface area contributed by atoms with Crippen LogP contribution in [0.2, 0.25) is 0 Å². The summed E-state index contributed by atoms with van der Waals surface area (Å²) in [5.41, 5.74) is 3.57. The van der Waals surface area contributed by atoms with Crippen molar-refractivity contribution >= 4 is 5.82 Å². The summed E-state index contributed by atoms with van der Waals surface area (Å²) in [6.45, 7) is 4.44. The van der Waals surface area contributed by atoms with E-state index >= 15 is 0 Å². The summed E-state index contributed by atoms with van der Waals surface area (Å²) in [4.78, 5) is 7.27. The minimum Gasteiger partial charge on any atom is -0.357 e. The van der Waals surface area contributed by atoms with E-state index in [4.69, 9.17) is 4.98 Å². The molecule has 1 fully saturated rings. The highest BCUT2D eigenvalue weighted by atomic mass is 15.2. The Kier molecular flexibility index (Phi) is 3.49. The van der Waals surface area contributed by atoms with Gasteiger partial charge in [-0.05, 0) is 43.9 Å². The van der Waals surface area contributed by atoms with E-state index in [0.717, 1.165) is 24.6 Å². The van der Waals surface area contributed by atoms with Gasteiger partial charge in [0, 0.05) is 18.7 Å². The van der Waals surface area contributed by atoms with Gasteiger partial charge in [-0.1, -0.05) is 30.3 Å². The van der Waals surface area contributed by atoms with Gasteiger partial charge in [0.1, 0.15) is 5.82 Å². The molecule has 0 radical (unpaired) electrons. The van der Waals surface area contributed by atoms with Crippen LogP contribution in [0, 0.1) is 6.92 Å². The smallest absolute Gasteiger partial charge is 0.129 e. The molecule has 0 amide bonds. The number of hydrogen-bond acceptors (Lipinski definition) is 2. The van der Waals surface area contributed by atoms with Gasteiger partial charge < -0.3 is 4.90 Å². The number of anilines is 1. The van der Waals surface area contributed by atoms with Gasteiger partial charge >= 0.3 is 0 Å². The fourth-order valence-corrected chi connectivity index (χ4v) is 2.69. The molecule has 98 valence electrons. The zero-order chi connectivity index (χ0) is 13.1. The lowest BCUT2D eigenvalue weighted by Gasteiger charge is -2.28. The fourth-order valence-electron chi connectivity index (χ4n) is 2.69. The van der Waals surface area contributed by atoms with Gasteiger partial charge in [-0.2, -0.15) is 0 Å². The van der Waals surface area contributed by atoms with Crippen LogP contribution >= 0.6 is 0 Å². The van der Waals surface area contributed by atoms with Crippen LogP contribution in [0.25, 0.3) is 11.3 Å². The minimum atomic E-state index is 1.08. The molecule has 1 aliphatic heterocycles. The van der Waals surface area contributed by atoms with Crippen LogP contribution < -0.4 is 4.90 Å². The van der Waals surface area contributed by atoms with E-state index in [0.29, 0.717) is 0 Å². The first kappa shape index (κ1) is 12.2. The maximum Gasteiger partial charge on any atom is 0.129 e. The van der Waals surface area contributed by atoms with Gasteiger partial charge in [0.2, 0.25) is 0 Å². The van der Waals surface area contributed by atoms with Crippen molar-refractivity contribution in [1.82, 2.24) is 4.98 Å². The molecular weight excluding hydrogens is 232 g/mol. The molecule has 0 aliphatic carbocycles. The van der Waals surface area contributed by atoms with Crippen LogP contribution in [0.3, 0.4) is 0 Å². The molecule has 1 aromatic carbocycles. The lowest BCUT2D eigenvalue weighted by Crippen LogP contribution is -2.30. The molecule has 0 N–H and O–H groups in total. The number of benzene rings is 1. The lowest BCUT2D eigenvalue weighted by molar-refractivity contribution is 0.573. The van der Waals surface area contributed by atoms with Crippen molar-refractivity contribution in [3.63, 3.8) is 0 Å². The Morgan fingerprint density at radius 2 is 1.68 bits per heavy atom. The summed E-state index contributed by atoms with van der Waals surface area (Å²) in [5.74, 6) is 1.14. The average Bonchev–Trinajstić information content (AvgIpc) is 2.48. The standard InChI is InChI=1S/C17H20N2/c1-14-12-16(15-8-4-2-5-9-15)18-17(13-14)19-10-6-3-7-11-19/h2,4-5,8-9,12-13H,3,6-7,10-11H2,1H3. The molecule has 0 spiro atoms. The van der Waals surface area contributed by atoms with E-state index in [2.05, 4.69) is 48.2 Å². The Balaban J connectivity index is 1.96. The van der Waals surface area contributed by atoms with Gasteiger partial charge in [0.25, 0.3) is 0 Å². The van der Waals surface area contributed by atoms with Gasteiger partial charge in [-0.15, -0.1) is 0 Å². The van der Waals surface area contributed by atoms with Gasteiger partial charge in [-0.25, -0.2) is 4.98 Å². The maximum atomic E-state index is 4.85. The van der Waals surface area contributed by atoms with Crippen molar-refractivity contribution in [2.45, 2.75) is 26.2 Å².